The second-order valence-corrected chi connectivity index (χ2v) is 5.32. The Morgan fingerprint density at radius 2 is 2.21 bits per heavy atom. The monoisotopic (exact) mass is 325 g/mol. The van der Waals surface area contributed by atoms with Gasteiger partial charge in [0.25, 0.3) is 0 Å². The molecule has 0 aliphatic heterocycles. The Morgan fingerprint density at radius 3 is 2.79 bits per heavy atom. The number of rotatable bonds is 3. The number of hydrogen-bond acceptors (Lipinski definition) is 4. The molecule has 0 aliphatic rings. The Hall–Kier alpha value is -1.43. The molecule has 0 bridgehead atoms. The van der Waals surface area contributed by atoms with Gasteiger partial charge in [-0.1, -0.05) is 13.8 Å². The van der Waals surface area contributed by atoms with Crippen LogP contribution in [0.25, 0.3) is 5.65 Å². The highest BCUT2D eigenvalue weighted by Crippen LogP contribution is 2.27. The first kappa shape index (κ1) is 14.0. The zero-order valence-electron chi connectivity index (χ0n) is 11.4. The zero-order chi connectivity index (χ0) is 14.2. The Kier molecular flexibility index (Phi) is 3.89. The van der Waals surface area contributed by atoms with E-state index in [0.717, 1.165) is 15.9 Å². The highest BCUT2D eigenvalue weighted by atomic mass is 79.9. The number of carbonyl (C=O) groups is 1. The molecule has 0 aromatic carbocycles. The van der Waals surface area contributed by atoms with Crippen molar-refractivity contribution in [1.82, 2.24) is 14.6 Å². The van der Waals surface area contributed by atoms with Crippen LogP contribution in [0.4, 0.5) is 0 Å². The smallest absolute Gasteiger partial charge is 0.340 e. The normalized spacial score (nSPS) is 11.3. The number of imidazole rings is 1. The Morgan fingerprint density at radius 1 is 1.53 bits per heavy atom. The molecule has 0 saturated carbocycles. The first-order valence-corrected chi connectivity index (χ1v) is 6.97. The minimum atomic E-state index is -0.349. The highest BCUT2D eigenvalue weighted by Gasteiger charge is 2.22. The number of aromatic nitrogens is 3. The van der Waals surface area contributed by atoms with Crippen LogP contribution in [0, 0.1) is 6.92 Å². The van der Waals surface area contributed by atoms with Crippen LogP contribution in [0.3, 0.4) is 0 Å². The van der Waals surface area contributed by atoms with E-state index in [-0.39, 0.29) is 11.9 Å². The second-order valence-electron chi connectivity index (χ2n) is 4.57. The van der Waals surface area contributed by atoms with Crippen LogP contribution < -0.4 is 0 Å². The number of esters is 1. The third-order valence-electron chi connectivity index (χ3n) is 2.86. The molecule has 0 N–H and O–H groups in total. The van der Waals surface area contributed by atoms with Gasteiger partial charge in [-0.3, -0.25) is 0 Å². The lowest BCUT2D eigenvalue weighted by Crippen LogP contribution is -2.12. The first-order valence-electron chi connectivity index (χ1n) is 6.18. The molecule has 2 aromatic heterocycles. The fourth-order valence-corrected chi connectivity index (χ4v) is 2.37. The third kappa shape index (κ3) is 2.36. The number of halogens is 1. The van der Waals surface area contributed by atoms with E-state index < -0.39 is 0 Å². The molecule has 102 valence electrons. The molecular formula is C13H16BrN3O2. The van der Waals surface area contributed by atoms with Crippen LogP contribution in [0.2, 0.25) is 0 Å². The Balaban J connectivity index is 2.72. The van der Waals surface area contributed by atoms with Crippen molar-refractivity contribution in [3.63, 3.8) is 0 Å². The van der Waals surface area contributed by atoms with Crippen LogP contribution in [0.15, 0.2) is 10.8 Å². The van der Waals surface area contributed by atoms with Crippen LogP contribution in [-0.4, -0.2) is 27.2 Å². The van der Waals surface area contributed by atoms with Crippen molar-refractivity contribution in [3.05, 3.63) is 27.6 Å². The highest BCUT2D eigenvalue weighted by molar-refractivity contribution is 9.10. The molecule has 0 unspecified atom stereocenters. The van der Waals surface area contributed by atoms with Crippen LogP contribution in [-0.2, 0) is 4.74 Å². The minimum absolute atomic E-state index is 0.151. The van der Waals surface area contributed by atoms with Gasteiger partial charge in [-0.25, -0.2) is 14.3 Å². The van der Waals surface area contributed by atoms with Gasteiger partial charge in [0.15, 0.2) is 5.65 Å². The predicted octanol–water partition coefficient (Wildman–Crippen LogP) is 3.10. The lowest BCUT2D eigenvalue weighted by Gasteiger charge is -2.12. The maximum atomic E-state index is 12.0. The van der Waals surface area contributed by atoms with Crippen molar-refractivity contribution in [1.29, 1.82) is 0 Å². The molecule has 0 amide bonds. The van der Waals surface area contributed by atoms with Crippen molar-refractivity contribution in [3.8, 4) is 0 Å². The van der Waals surface area contributed by atoms with Gasteiger partial charge >= 0.3 is 5.97 Å². The third-order valence-corrected chi connectivity index (χ3v) is 3.77. The summed E-state index contributed by atoms with van der Waals surface area (Å²) in [6, 6.07) is 0. The summed E-state index contributed by atoms with van der Waals surface area (Å²) in [5.74, 6) is -0.198. The molecule has 0 radical (unpaired) electrons. The van der Waals surface area contributed by atoms with E-state index in [1.54, 1.807) is 17.6 Å². The largest absolute Gasteiger partial charge is 0.462 e. The van der Waals surface area contributed by atoms with E-state index in [1.807, 2.05) is 20.8 Å². The molecule has 0 atom stereocenters. The van der Waals surface area contributed by atoms with Crippen LogP contribution in [0.1, 0.15) is 48.3 Å². The van der Waals surface area contributed by atoms with Gasteiger partial charge in [0, 0.05) is 5.56 Å². The fraction of sp³-hybridized carbons (Fsp3) is 0.462. The van der Waals surface area contributed by atoms with E-state index >= 15 is 0 Å². The van der Waals surface area contributed by atoms with Crippen molar-refractivity contribution in [2.24, 2.45) is 0 Å². The molecular weight excluding hydrogens is 310 g/mol. The summed E-state index contributed by atoms with van der Waals surface area (Å²) in [6.07, 6.45) is 1.55. The second kappa shape index (κ2) is 5.28. The standard InChI is InChI=1S/C13H16BrN3O2/c1-5-19-13(18)9-6-15-17-11(14)8(4)16-12(17)10(9)7(2)3/h6-7H,5H2,1-4H3. The SMILES string of the molecule is CCOC(=O)c1cnn2c(Br)c(C)nc2c1C(C)C. The predicted molar refractivity (Wildman–Crippen MR) is 75.5 cm³/mol. The molecule has 6 heteroatoms. The van der Waals surface area contributed by atoms with Gasteiger partial charge in [-0.2, -0.15) is 5.10 Å². The van der Waals surface area contributed by atoms with Crippen molar-refractivity contribution in [2.45, 2.75) is 33.6 Å². The fourth-order valence-electron chi connectivity index (χ4n) is 2.02. The molecule has 5 nitrogen and oxygen atoms in total. The summed E-state index contributed by atoms with van der Waals surface area (Å²) in [7, 11) is 0. The average Bonchev–Trinajstić information content (AvgIpc) is 2.64. The van der Waals surface area contributed by atoms with Crippen molar-refractivity contribution in [2.75, 3.05) is 6.61 Å². The Labute approximate surface area is 120 Å². The topological polar surface area (TPSA) is 56.5 Å². The van der Waals surface area contributed by atoms with Gasteiger partial charge in [-0.15, -0.1) is 0 Å². The number of hydrogen-bond donors (Lipinski definition) is 0. The molecule has 0 spiro atoms. The summed E-state index contributed by atoms with van der Waals surface area (Å²) in [4.78, 5) is 16.5. The number of aryl methyl sites for hydroxylation is 1. The minimum Gasteiger partial charge on any atom is -0.462 e. The van der Waals surface area contributed by atoms with E-state index in [9.17, 15) is 4.79 Å². The number of ether oxygens (including phenoxy) is 1. The first-order chi connectivity index (χ1) is 8.97. The summed E-state index contributed by atoms with van der Waals surface area (Å²) >= 11 is 3.45. The van der Waals surface area contributed by atoms with Gasteiger partial charge < -0.3 is 4.74 Å². The summed E-state index contributed by atoms with van der Waals surface area (Å²) in [6.45, 7) is 8.08. The molecule has 2 heterocycles. The van der Waals surface area contributed by atoms with Gasteiger partial charge in [0.05, 0.1) is 24.1 Å². The lowest BCUT2D eigenvalue weighted by molar-refractivity contribution is 0.0524. The lowest BCUT2D eigenvalue weighted by atomic mass is 10.00. The maximum absolute atomic E-state index is 12.0. The molecule has 0 fully saturated rings. The van der Waals surface area contributed by atoms with E-state index in [0.29, 0.717) is 17.8 Å². The van der Waals surface area contributed by atoms with Gasteiger partial charge in [0.2, 0.25) is 0 Å². The molecule has 19 heavy (non-hydrogen) atoms. The molecule has 2 aromatic rings. The summed E-state index contributed by atoms with van der Waals surface area (Å²) in [5.41, 5.74) is 2.89. The van der Waals surface area contributed by atoms with E-state index in [2.05, 4.69) is 26.0 Å². The van der Waals surface area contributed by atoms with Crippen LogP contribution in [0.5, 0.6) is 0 Å². The van der Waals surface area contributed by atoms with Crippen LogP contribution >= 0.6 is 15.9 Å². The maximum Gasteiger partial charge on any atom is 0.340 e. The van der Waals surface area contributed by atoms with Crippen molar-refractivity contribution < 1.29 is 9.53 Å². The number of carbonyl (C=O) groups excluding carboxylic acids is 1. The summed E-state index contributed by atoms with van der Waals surface area (Å²) < 4.78 is 7.58. The van der Waals surface area contributed by atoms with Gasteiger partial charge in [0.1, 0.15) is 4.60 Å². The molecule has 2 rings (SSSR count). The van der Waals surface area contributed by atoms with E-state index in [1.165, 1.54) is 0 Å². The van der Waals surface area contributed by atoms with Gasteiger partial charge in [-0.05, 0) is 35.7 Å². The Bertz CT molecular complexity index is 634. The quantitative estimate of drug-likeness (QED) is 0.813. The average molecular weight is 326 g/mol. The number of fused-ring (bicyclic) bond motifs is 1. The molecule has 0 saturated heterocycles. The molecule has 0 aliphatic carbocycles. The summed E-state index contributed by atoms with van der Waals surface area (Å²) in [5, 5.41) is 4.25. The zero-order valence-corrected chi connectivity index (χ0v) is 13.0. The number of nitrogens with zero attached hydrogens (tertiary/aromatic N) is 3. The van der Waals surface area contributed by atoms with Crippen molar-refractivity contribution >= 4 is 27.5 Å². The van der Waals surface area contributed by atoms with E-state index in [4.69, 9.17) is 4.74 Å².